The highest BCUT2D eigenvalue weighted by atomic mass is 16.3. The summed E-state index contributed by atoms with van der Waals surface area (Å²) in [7, 11) is 0. The average Bonchev–Trinajstić information content (AvgIpc) is 2.05. The van der Waals surface area contributed by atoms with Gasteiger partial charge >= 0.3 is 0 Å². The molecule has 0 bridgehead atoms. The fourth-order valence-corrected chi connectivity index (χ4v) is 0.863. The van der Waals surface area contributed by atoms with Crippen molar-refractivity contribution in [2.75, 3.05) is 6.54 Å². The van der Waals surface area contributed by atoms with Crippen molar-refractivity contribution < 1.29 is 9.90 Å². The molecule has 0 fully saturated rings. The standard InChI is InChI=1S/C9H16N2O2/c1-3-8(6-10)9(13)11-5-4-7(2)12/h7-8,12H,3-5H2,1-2H3,(H,11,13). The first kappa shape index (κ1) is 11.9. The van der Waals surface area contributed by atoms with Gasteiger partial charge in [0, 0.05) is 6.54 Å². The SMILES string of the molecule is CCC(C#N)C(=O)NCCC(C)O. The first-order valence-corrected chi connectivity index (χ1v) is 4.47. The largest absolute Gasteiger partial charge is 0.393 e. The van der Waals surface area contributed by atoms with Crippen LogP contribution < -0.4 is 5.32 Å². The summed E-state index contributed by atoms with van der Waals surface area (Å²) in [4.78, 5) is 11.2. The molecule has 4 heteroatoms. The van der Waals surface area contributed by atoms with Gasteiger partial charge < -0.3 is 10.4 Å². The third kappa shape index (κ3) is 5.21. The van der Waals surface area contributed by atoms with Crippen molar-refractivity contribution >= 4 is 5.91 Å². The van der Waals surface area contributed by atoms with Gasteiger partial charge in [-0.15, -0.1) is 0 Å². The number of rotatable bonds is 5. The molecule has 2 N–H and O–H groups in total. The van der Waals surface area contributed by atoms with Gasteiger partial charge in [-0.1, -0.05) is 6.92 Å². The topological polar surface area (TPSA) is 73.1 Å². The minimum absolute atomic E-state index is 0.245. The van der Waals surface area contributed by atoms with E-state index in [4.69, 9.17) is 10.4 Å². The van der Waals surface area contributed by atoms with Crippen LogP contribution in [0.5, 0.6) is 0 Å². The average molecular weight is 184 g/mol. The summed E-state index contributed by atoms with van der Waals surface area (Å²) in [5, 5.41) is 20.0. The Morgan fingerprint density at radius 3 is 2.69 bits per heavy atom. The van der Waals surface area contributed by atoms with Gasteiger partial charge in [0.1, 0.15) is 5.92 Å². The van der Waals surface area contributed by atoms with Gasteiger partial charge in [0.2, 0.25) is 5.91 Å². The Morgan fingerprint density at radius 2 is 2.31 bits per heavy atom. The van der Waals surface area contributed by atoms with Crippen LogP contribution in [0.1, 0.15) is 26.7 Å². The number of nitrogens with zero attached hydrogens (tertiary/aromatic N) is 1. The number of aliphatic hydroxyl groups is 1. The monoisotopic (exact) mass is 184 g/mol. The minimum Gasteiger partial charge on any atom is -0.393 e. The summed E-state index contributed by atoms with van der Waals surface area (Å²) in [5.41, 5.74) is 0. The molecule has 4 nitrogen and oxygen atoms in total. The molecule has 0 aliphatic heterocycles. The van der Waals surface area contributed by atoms with Gasteiger partial charge in [0.15, 0.2) is 0 Å². The van der Waals surface area contributed by atoms with E-state index in [9.17, 15) is 4.79 Å². The van der Waals surface area contributed by atoms with Gasteiger partial charge in [-0.05, 0) is 19.8 Å². The summed E-state index contributed by atoms with van der Waals surface area (Å²) in [6.07, 6.45) is 0.632. The van der Waals surface area contributed by atoms with Gasteiger partial charge in [-0.25, -0.2) is 0 Å². The van der Waals surface area contributed by atoms with Crippen LogP contribution >= 0.6 is 0 Å². The molecule has 0 aliphatic carbocycles. The van der Waals surface area contributed by atoms with Crippen LogP contribution in [0.15, 0.2) is 0 Å². The van der Waals surface area contributed by atoms with Crippen molar-refractivity contribution in [2.45, 2.75) is 32.8 Å². The molecule has 0 aromatic carbocycles. The zero-order chi connectivity index (χ0) is 10.3. The summed E-state index contributed by atoms with van der Waals surface area (Å²) in [5.74, 6) is -0.806. The molecule has 0 radical (unpaired) electrons. The molecule has 2 unspecified atom stereocenters. The number of hydrogen-bond acceptors (Lipinski definition) is 3. The predicted molar refractivity (Wildman–Crippen MR) is 48.7 cm³/mol. The third-order valence-corrected chi connectivity index (χ3v) is 1.74. The Kier molecular flexibility index (Phi) is 5.90. The van der Waals surface area contributed by atoms with Gasteiger partial charge in [-0.2, -0.15) is 5.26 Å². The van der Waals surface area contributed by atoms with Gasteiger partial charge in [0.25, 0.3) is 0 Å². The fraction of sp³-hybridized carbons (Fsp3) is 0.778. The van der Waals surface area contributed by atoms with Crippen molar-refractivity contribution in [1.29, 1.82) is 5.26 Å². The van der Waals surface area contributed by atoms with E-state index >= 15 is 0 Å². The maximum absolute atomic E-state index is 11.2. The molecular weight excluding hydrogens is 168 g/mol. The van der Waals surface area contributed by atoms with Crippen LogP contribution in [0.2, 0.25) is 0 Å². The predicted octanol–water partition coefficient (Wildman–Crippen LogP) is 0.423. The molecule has 0 aromatic rings. The number of aliphatic hydroxyl groups excluding tert-OH is 1. The van der Waals surface area contributed by atoms with Crippen molar-refractivity contribution in [1.82, 2.24) is 5.32 Å². The van der Waals surface area contributed by atoms with E-state index in [0.29, 0.717) is 19.4 Å². The number of amides is 1. The Balaban J connectivity index is 3.68. The Bertz CT molecular complexity index is 196. The highest BCUT2D eigenvalue weighted by Gasteiger charge is 2.14. The summed E-state index contributed by atoms with van der Waals surface area (Å²) < 4.78 is 0. The lowest BCUT2D eigenvalue weighted by Crippen LogP contribution is -2.31. The van der Waals surface area contributed by atoms with E-state index < -0.39 is 12.0 Å². The molecule has 2 atom stereocenters. The van der Waals surface area contributed by atoms with Gasteiger partial charge in [0.05, 0.1) is 12.2 Å². The highest BCUT2D eigenvalue weighted by Crippen LogP contribution is 1.99. The number of carbonyl (C=O) groups is 1. The smallest absolute Gasteiger partial charge is 0.237 e. The van der Waals surface area contributed by atoms with E-state index in [1.807, 2.05) is 6.07 Å². The molecule has 0 rings (SSSR count). The molecule has 0 aromatic heterocycles. The first-order chi connectivity index (χ1) is 6.11. The second-order valence-corrected chi connectivity index (χ2v) is 3.02. The van der Waals surface area contributed by atoms with Crippen molar-refractivity contribution in [3.8, 4) is 6.07 Å². The van der Waals surface area contributed by atoms with E-state index in [-0.39, 0.29) is 5.91 Å². The maximum atomic E-state index is 11.2. The van der Waals surface area contributed by atoms with Crippen LogP contribution in [0.25, 0.3) is 0 Å². The Labute approximate surface area is 78.6 Å². The molecule has 0 spiro atoms. The van der Waals surface area contributed by atoms with E-state index in [2.05, 4.69) is 5.32 Å². The number of hydrogen-bond donors (Lipinski definition) is 2. The van der Waals surface area contributed by atoms with E-state index in [1.54, 1.807) is 13.8 Å². The van der Waals surface area contributed by atoms with Crippen LogP contribution in [0.4, 0.5) is 0 Å². The molecule has 13 heavy (non-hydrogen) atoms. The molecule has 0 saturated carbocycles. The number of carbonyl (C=O) groups excluding carboxylic acids is 1. The van der Waals surface area contributed by atoms with Crippen LogP contribution in [-0.4, -0.2) is 23.7 Å². The lowest BCUT2D eigenvalue weighted by Gasteiger charge is -2.08. The molecule has 0 heterocycles. The lowest BCUT2D eigenvalue weighted by molar-refractivity contribution is -0.123. The van der Waals surface area contributed by atoms with Crippen molar-refractivity contribution in [3.63, 3.8) is 0 Å². The molecule has 74 valence electrons. The van der Waals surface area contributed by atoms with Gasteiger partial charge in [-0.3, -0.25) is 4.79 Å². The minimum atomic E-state index is -0.561. The second kappa shape index (κ2) is 6.44. The summed E-state index contributed by atoms with van der Waals surface area (Å²) >= 11 is 0. The fourth-order valence-electron chi connectivity index (χ4n) is 0.863. The zero-order valence-corrected chi connectivity index (χ0v) is 8.08. The lowest BCUT2D eigenvalue weighted by atomic mass is 10.1. The van der Waals surface area contributed by atoms with Crippen LogP contribution in [-0.2, 0) is 4.79 Å². The number of nitrogens with one attached hydrogen (secondary N) is 1. The summed E-state index contributed by atoms with van der Waals surface area (Å²) in [6.45, 7) is 3.88. The first-order valence-electron chi connectivity index (χ1n) is 4.47. The third-order valence-electron chi connectivity index (χ3n) is 1.74. The van der Waals surface area contributed by atoms with Crippen molar-refractivity contribution in [3.05, 3.63) is 0 Å². The maximum Gasteiger partial charge on any atom is 0.237 e. The van der Waals surface area contributed by atoms with E-state index in [0.717, 1.165) is 0 Å². The zero-order valence-electron chi connectivity index (χ0n) is 8.08. The van der Waals surface area contributed by atoms with E-state index in [1.165, 1.54) is 0 Å². The highest BCUT2D eigenvalue weighted by molar-refractivity contribution is 5.80. The van der Waals surface area contributed by atoms with Crippen LogP contribution in [0, 0.1) is 17.2 Å². The second-order valence-electron chi connectivity index (χ2n) is 3.02. The molecule has 0 aliphatic rings. The molecule has 1 amide bonds. The number of nitriles is 1. The van der Waals surface area contributed by atoms with Crippen molar-refractivity contribution in [2.24, 2.45) is 5.92 Å². The molecule has 0 saturated heterocycles. The molecular formula is C9H16N2O2. The Hall–Kier alpha value is -1.08. The quantitative estimate of drug-likeness (QED) is 0.650. The normalized spacial score (nSPS) is 14.3. The summed E-state index contributed by atoms with van der Waals surface area (Å²) in [6, 6.07) is 1.92. The Morgan fingerprint density at radius 1 is 1.69 bits per heavy atom. The van der Waals surface area contributed by atoms with Crippen LogP contribution in [0.3, 0.4) is 0 Å².